The molecule has 2 aliphatic heterocycles. The van der Waals surface area contributed by atoms with Gasteiger partial charge in [0.25, 0.3) is 0 Å². The number of fused-ring (bicyclic) bond motifs is 1. The minimum absolute atomic E-state index is 0.250. The number of ether oxygens (including phenoxy) is 1. The highest BCUT2D eigenvalue weighted by atomic mass is 16.5. The van der Waals surface area contributed by atoms with Crippen molar-refractivity contribution < 1.29 is 9.53 Å². The Bertz CT molecular complexity index is 1350. The van der Waals surface area contributed by atoms with Crippen molar-refractivity contribution in [1.82, 2.24) is 24.8 Å². The fourth-order valence-electron chi connectivity index (χ4n) is 5.15. The Kier molecular flexibility index (Phi) is 10.6. The van der Waals surface area contributed by atoms with Crippen LogP contribution in [-0.2, 0) is 16.1 Å². The fraction of sp³-hybridized carbons (Fsp3) is 0.400. The second kappa shape index (κ2) is 14.5. The van der Waals surface area contributed by atoms with Gasteiger partial charge in [-0.3, -0.25) is 14.7 Å². The van der Waals surface area contributed by atoms with Gasteiger partial charge in [0.2, 0.25) is 6.41 Å². The third kappa shape index (κ3) is 7.20. The van der Waals surface area contributed by atoms with Gasteiger partial charge in [-0.2, -0.15) is 0 Å². The van der Waals surface area contributed by atoms with Crippen molar-refractivity contribution in [1.29, 1.82) is 0 Å². The molecule has 10 nitrogen and oxygen atoms in total. The van der Waals surface area contributed by atoms with Gasteiger partial charge >= 0.3 is 0 Å². The van der Waals surface area contributed by atoms with E-state index in [1.807, 2.05) is 20.0 Å². The molecule has 6 rings (SSSR count). The number of benzene rings is 1. The maximum absolute atomic E-state index is 8.58. The van der Waals surface area contributed by atoms with Crippen LogP contribution in [0.25, 0.3) is 33.5 Å². The van der Waals surface area contributed by atoms with Crippen LogP contribution in [0.2, 0.25) is 0 Å². The van der Waals surface area contributed by atoms with Crippen LogP contribution in [0.3, 0.4) is 0 Å². The molecule has 0 saturated carbocycles. The third-order valence-electron chi connectivity index (χ3n) is 6.98. The van der Waals surface area contributed by atoms with E-state index in [1.165, 1.54) is 12.0 Å². The average molecular weight is 545 g/mol. The number of amides is 1. The number of carbonyl (C=O) groups is 1. The predicted octanol–water partition coefficient (Wildman–Crippen LogP) is 3.57. The number of aromatic amines is 1. The van der Waals surface area contributed by atoms with Crippen LogP contribution >= 0.6 is 0 Å². The number of anilines is 1. The maximum Gasteiger partial charge on any atom is 0.204 e. The van der Waals surface area contributed by atoms with Crippen LogP contribution < -0.4 is 16.4 Å². The van der Waals surface area contributed by atoms with Crippen molar-refractivity contribution in [3.63, 3.8) is 0 Å². The van der Waals surface area contributed by atoms with Crippen LogP contribution in [0.5, 0.6) is 0 Å². The van der Waals surface area contributed by atoms with Gasteiger partial charge < -0.3 is 26.1 Å². The summed E-state index contributed by atoms with van der Waals surface area (Å²) in [5, 5.41) is 1.04. The number of hydrogen-bond donors (Lipinski definition) is 3. The molecule has 40 heavy (non-hydrogen) atoms. The molecule has 1 atom stereocenters. The van der Waals surface area contributed by atoms with Gasteiger partial charge in [0.15, 0.2) is 0 Å². The summed E-state index contributed by atoms with van der Waals surface area (Å²) in [5.41, 5.74) is 16.7. The molecule has 10 heteroatoms. The molecule has 0 spiro atoms. The lowest BCUT2D eigenvalue weighted by Crippen LogP contribution is -2.42. The standard InChI is InChI=1S/C27H31N7O.C2H6.CH3NO/c28-22-2-1-9-33(17-22)16-19-7-8-29-24(14-19)20-3-5-21(6-4-20)25-15-23-26(32-25)30-18-31-27(23)34-10-12-35-13-11-34;1-2;2-1-3/h3-8,14-15,18,22H,1-2,9-13,16-17,28H2,(H,30,31,32);1-2H3;1H,(H2,2,3). The summed E-state index contributed by atoms with van der Waals surface area (Å²) in [4.78, 5) is 30.4. The number of rotatable bonds is 5. The molecule has 1 unspecified atom stereocenters. The van der Waals surface area contributed by atoms with Crippen molar-refractivity contribution in [3.05, 3.63) is 60.6 Å². The predicted molar refractivity (Wildman–Crippen MR) is 160 cm³/mol. The first kappa shape index (κ1) is 29.1. The van der Waals surface area contributed by atoms with Gasteiger partial charge in [0.1, 0.15) is 17.8 Å². The molecule has 2 aliphatic rings. The van der Waals surface area contributed by atoms with E-state index in [0.717, 1.165) is 91.7 Å². The first-order chi connectivity index (χ1) is 19.6. The summed E-state index contributed by atoms with van der Waals surface area (Å²) in [6, 6.07) is 15.3. The molecule has 1 amide bonds. The van der Waals surface area contributed by atoms with E-state index in [-0.39, 0.29) is 12.5 Å². The second-order valence-corrected chi connectivity index (χ2v) is 9.64. The summed E-state index contributed by atoms with van der Waals surface area (Å²) in [5.74, 6) is 0.966. The van der Waals surface area contributed by atoms with Gasteiger partial charge in [-0.15, -0.1) is 0 Å². The number of nitrogens with zero attached hydrogens (tertiary/aromatic N) is 5. The number of morpholine rings is 1. The summed E-state index contributed by atoms with van der Waals surface area (Å²) in [7, 11) is 0. The van der Waals surface area contributed by atoms with Crippen LogP contribution in [-0.4, -0.2) is 76.7 Å². The van der Waals surface area contributed by atoms with Gasteiger partial charge in [-0.1, -0.05) is 38.1 Å². The number of nitrogens with one attached hydrogen (secondary N) is 1. The van der Waals surface area contributed by atoms with E-state index >= 15 is 0 Å². The first-order valence-corrected chi connectivity index (χ1v) is 14.0. The Balaban J connectivity index is 0.000000695. The smallest absolute Gasteiger partial charge is 0.204 e. The second-order valence-electron chi connectivity index (χ2n) is 9.64. The highest BCUT2D eigenvalue weighted by molar-refractivity contribution is 5.92. The molecule has 0 bridgehead atoms. The summed E-state index contributed by atoms with van der Waals surface area (Å²) >= 11 is 0. The number of piperidine rings is 1. The zero-order valence-electron chi connectivity index (χ0n) is 23.4. The van der Waals surface area contributed by atoms with Crippen molar-refractivity contribution in [3.8, 4) is 22.5 Å². The van der Waals surface area contributed by atoms with E-state index in [4.69, 9.17) is 15.3 Å². The fourth-order valence-corrected chi connectivity index (χ4v) is 5.15. The van der Waals surface area contributed by atoms with Gasteiger partial charge in [0, 0.05) is 49.7 Å². The van der Waals surface area contributed by atoms with E-state index < -0.39 is 0 Å². The SMILES string of the molecule is CC.NC1CCCN(Cc2ccnc(-c3ccc(-c4cc5c(N6CCOCC6)ncnc5[nH]4)cc3)c2)C1.NC=O. The Hall–Kier alpha value is -3.86. The van der Waals surface area contributed by atoms with Gasteiger partial charge in [-0.05, 0) is 48.7 Å². The zero-order chi connectivity index (χ0) is 28.3. The topological polar surface area (TPSA) is 139 Å². The molecule has 0 radical (unpaired) electrons. The molecule has 5 N–H and O–H groups in total. The lowest BCUT2D eigenvalue weighted by atomic mass is 10.0. The molecule has 2 saturated heterocycles. The summed E-state index contributed by atoms with van der Waals surface area (Å²) < 4.78 is 5.50. The Morgan fingerprint density at radius 1 is 1.02 bits per heavy atom. The van der Waals surface area contributed by atoms with Crippen molar-refractivity contribution in [2.45, 2.75) is 39.3 Å². The highest BCUT2D eigenvalue weighted by Gasteiger charge is 2.18. The van der Waals surface area contributed by atoms with Crippen LogP contribution in [0.4, 0.5) is 5.82 Å². The molecule has 0 aliphatic carbocycles. The van der Waals surface area contributed by atoms with Crippen molar-refractivity contribution >= 4 is 23.3 Å². The van der Waals surface area contributed by atoms with E-state index in [0.29, 0.717) is 0 Å². The van der Waals surface area contributed by atoms with E-state index in [9.17, 15) is 0 Å². The lowest BCUT2D eigenvalue weighted by molar-refractivity contribution is -0.106. The summed E-state index contributed by atoms with van der Waals surface area (Å²) in [6.45, 7) is 10.1. The number of H-pyrrole nitrogens is 1. The maximum atomic E-state index is 8.58. The van der Waals surface area contributed by atoms with E-state index in [1.54, 1.807) is 6.33 Å². The Morgan fingerprint density at radius 2 is 1.75 bits per heavy atom. The molecule has 3 aromatic heterocycles. The number of pyridine rings is 1. The number of carbonyl (C=O) groups excluding carboxylic acids is 1. The number of hydrogen-bond acceptors (Lipinski definition) is 8. The minimum Gasteiger partial charge on any atom is -0.378 e. The summed E-state index contributed by atoms with van der Waals surface area (Å²) in [6.07, 6.45) is 6.09. The lowest BCUT2D eigenvalue weighted by Gasteiger charge is -2.30. The number of aromatic nitrogens is 4. The molecule has 2 fully saturated rings. The molecular weight excluding hydrogens is 504 g/mol. The number of primary amides is 1. The number of likely N-dealkylation sites (tertiary alicyclic amines) is 1. The number of nitrogens with two attached hydrogens (primary N) is 2. The normalized spacial score (nSPS) is 17.4. The Morgan fingerprint density at radius 3 is 2.48 bits per heavy atom. The molecule has 5 heterocycles. The monoisotopic (exact) mass is 544 g/mol. The van der Waals surface area contributed by atoms with E-state index in [2.05, 4.69) is 77.9 Å². The van der Waals surface area contributed by atoms with Crippen LogP contribution in [0, 0.1) is 0 Å². The first-order valence-electron chi connectivity index (χ1n) is 14.0. The minimum atomic E-state index is 0.250. The van der Waals surface area contributed by atoms with Crippen LogP contribution in [0.15, 0.2) is 55.0 Å². The third-order valence-corrected chi connectivity index (χ3v) is 6.98. The quantitative estimate of drug-likeness (QED) is 0.324. The van der Waals surface area contributed by atoms with Gasteiger partial charge in [0.05, 0.1) is 24.3 Å². The highest BCUT2D eigenvalue weighted by Crippen LogP contribution is 2.30. The van der Waals surface area contributed by atoms with Crippen LogP contribution in [0.1, 0.15) is 32.3 Å². The average Bonchev–Trinajstić information content (AvgIpc) is 3.44. The Labute approximate surface area is 235 Å². The van der Waals surface area contributed by atoms with Gasteiger partial charge in [-0.25, -0.2) is 9.97 Å². The zero-order valence-corrected chi connectivity index (χ0v) is 23.4. The molecule has 212 valence electrons. The van der Waals surface area contributed by atoms with Crippen molar-refractivity contribution in [2.24, 2.45) is 11.5 Å². The molecular formula is C30H40N8O2. The van der Waals surface area contributed by atoms with Crippen molar-refractivity contribution in [2.75, 3.05) is 44.3 Å². The molecule has 1 aromatic carbocycles. The largest absolute Gasteiger partial charge is 0.378 e. The molecule has 4 aromatic rings.